The third kappa shape index (κ3) is 4.25. The molecule has 0 aromatic heterocycles. The van der Waals surface area contributed by atoms with Gasteiger partial charge in [-0.05, 0) is 42.0 Å². The Balaban J connectivity index is 1.35. The molecule has 120 valence electrons. The van der Waals surface area contributed by atoms with Crippen molar-refractivity contribution in [3.8, 4) is 5.75 Å². The van der Waals surface area contributed by atoms with Crippen LogP contribution in [0, 0.1) is 5.92 Å². The number of hydrogen-bond donors (Lipinski definition) is 2. The molecule has 0 atom stereocenters. The van der Waals surface area contributed by atoms with Gasteiger partial charge in [-0.15, -0.1) is 0 Å². The fourth-order valence-electron chi connectivity index (χ4n) is 2.90. The highest BCUT2D eigenvalue weighted by Gasteiger charge is 2.30. The van der Waals surface area contributed by atoms with Gasteiger partial charge in [0.2, 0.25) is 0 Å². The average molecular weight is 310 g/mol. The molecule has 3 rings (SSSR count). The minimum atomic E-state index is 0.0214. The summed E-state index contributed by atoms with van der Waals surface area (Å²) in [5, 5.41) is 12.2. The van der Waals surface area contributed by atoms with E-state index in [-0.39, 0.29) is 11.8 Å². The summed E-state index contributed by atoms with van der Waals surface area (Å²) in [5.74, 6) is 0.836. The van der Waals surface area contributed by atoms with E-state index in [2.05, 4.69) is 29.6 Å². The number of nitrogens with one attached hydrogen (secondary N) is 1. The number of aromatic hydroxyl groups is 1. The van der Waals surface area contributed by atoms with Gasteiger partial charge >= 0.3 is 6.03 Å². The summed E-state index contributed by atoms with van der Waals surface area (Å²) in [6, 6.07) is 17.5. The molecule has 2 N–H and O–H groups in total. The van der Waals surface area contributed by atoms with Crippen LogP contribution in [0.5, 0.6) is 5.75 Å². The van der Waals surface area contributed by atoms with E-state index >= 15 is 0 Å². The van der Waals surface area contributed by atoms with Crippen molar-refractivity contribution in [3.63, 3.8) is 0 Å². The van der Waals surface area contributed by atoms with Crippen molar-refractivity contribution in [1.82, 2.24) is 10.2 Å². The maximum Gasteiger partial charge on any atom is 0.317 e. The molecule has 1 saturated heterocycles. The molecular weight excluding hydrogens is 288 g/mol. The Labute approximate surface area is 136 Å². The second-order valence-corrected chi connectivity index (χ2v) is 6.11. The zero-order chi connectivity index (χ0) is 16.1. The summed E-state index contributed by atoms with van der Waals surface area (Å²) in [7, 11) is 0. The van der Waals surface area contributed by atoms with Gasteiger partial charge in [0.1, 0.15) is 5.75 Å². The van der Waals surface area contributed by atoms with Crippen LogP contribution in [0.4, 0.5) is 4.79 Å². The minimum absolute atomic E-state index is 0.0214. The number of carbonyl (C=O) groups is 1. The lowest BCUT2D eigenvalue weighted by Crippen LogP contribution is -2.54. The number of amides is 2. The Morgan fingerprint density at radius 3 is 2.43 bits per heavy atom. The maximum absolute atomic E-state index is 12.0. The number of benzene rings is 2. The molecule has 4 heteroatoms. The number of phenolic OH excluding ortho intramolecular Hbond substituents is 1. The predicted octanol–water partition coefficient (Wildman–Crippen LogP) is 2.82. The van der Waals surface area contributed by atoms with Gasteiger partial charge in [0.15, 0.2) is 0 Å². The normalized spacial score (nSPS) is 14.3. The summed E-state index contributed by atoms with van der Waals surface area (Å²) in [5.41, 5.74) is 2.44. The summed E-state index contributed by atoms with van der Waals surface area (Å²) < 4.78 is 0. The first-order valence-electron chi connectivity index (χ1n) is 8.05. The highest BCUT2D eigenvalue weighted by atomic mass is 16.3. The van der Waals surface area contributed by atoms with Crippen LogP contribution < -0.4 is 5.32 Å². The molecule has 0 radical (unpaired) electrons. The lowest BCUT2D eigenvalue weighted by atomic mass is 9.92. The standard InChI is InChI=1S/C19H22N2O2/c22-18-8-6-15(7-9-18)10-11-20-19(23)21-13-17(14-21)12-16-4-2-1-3-5-16/h1-9,17,22H,10-14H2,(H,20,23). The van der Waals surface area contributed by atoms with Crippen LogP contribution in [-0.2, 0) is 12.8 Å². The zero-order valence-electron chi connectivity index (χ0n) is 13.1. The van der Waals surface area contributed by atoms with E-state index in [1.54, 1.807) is 12.1 Å². The molecule has 2 amide bonds. The molecular formula is C19H22N2O2. The molecule has 2 aromatic carbocycles. The highest BCUT2D eigenvalue weighted by molar-refractivity contribution is 5.75. The quantitative estimate of drug-likeness (QED) is 0.892. The Bertz CT molecular complexity index is 634. The molecule has 0 spiro atoms. The molecule has 1 aliphatic heterocycles. The first-order chi connectivity index (χ1) is 11.2. The van der Waals surface area contributed by atoms with Gasteiger partial charge in [-0.1, -0.05) is 42.5 Å². The van der Waals surface area contributed by atoms with Gasteiger partial charge in [0.25, 0.3) is 0 Å². The van der Waals surface area contributed by atoms with Crippen LogP contribution in [0.1, 0.15) is 11.1 Å². The lowest BCUT2D eigenvalue weighted by molar-refractivity contribution is 0.121. The number of rotatable bonds is 5. The second-order valence-electron chi connectivity index (χ2n) is 6.11. The average Bonchev–Trinajstić information content (AvgIpc) is 2.53. The number of likely N-dealkylation sites (tertiary alicyclic amines) is 1. The van der Waals surface area contributed by atoms with Crippen LogP contribution in [0.15, 0.2) is 54.6 Å². The van der Waals surface area contributed by atoms with Crippen LogP contribution in [-0.4, -0.2) is 35.7 Å². The number of nitrogens with zero attached hydrogens (tertiary/aromatic N) is 1. The van der Waals surface area contributed by atoms with E-state index in [0.717, 1.165) is 31.5 Å². The topological polar surface area (TPSA) is 52.6 Å². The Kier molecular flexibility index (Phi) is 4.81. The molecule has 1 aliphatic rings. The van der Waals surface area contributed by atoms with Gasteiger partial charge in [0, 0.05) is 19.6 Å². The van der Waals surface area contributed by atoms with Gasteiger partial charge < -0.3 is 15.3 Å². The van der Waals surface area contributed by atoms with Gasteiger partial charge in [-0.2, -0.15) is 0 Å². The van der Waals surface area contributed by atoms with Crippen molar-refractivity contribution in [1.29, 1.82) is 0 Å². The molecule has 23 heavy (non-hydrogen) atoms. The van der Waals surface area contributed by atoms with E-state index in [1.165, 1.54) is 5.56 Å². The number of carbonyl (C=O) groups excluding carboxylic acids is 1. The second kappa shape index (κ2) is 7.18. The molecule has 4 nitrogen and oxygen atoms in total. The lowest BCUT2D eigenvalue weighted by Gasteiger charge is -2.39. The maximum atomic E-state index is 12.0. The zero-order valence-corrected chi connectivity index (χ0v) is 13.1. The monoisotopic (exact) mass is 310 g/mol. The number of urea groups is 1. The summed E-state index contributed by atoms with van der Waals surface area (Å²) in [6.45, 7) is 2.28. The SMILES string of the molecule is O=C(NCCc1ccc(O)cc1)N1CC(Cc2ccccc2)C1. The molecule has 0 saturated carbocycles. The minimum Gasteiger partial charge on any atom is -0.508 e. The Morgan fingerprint density at radius 2 is 1.74 bits per heavy atom. The first kappa shape index (κ1) is 15.4. The Morgan fingerprint density at radius 1 is 1.04 bits per heavy atom. The van der Waals surface area contributed by atoms with Crippen molar-refractivity contribution in [2.75, 3.05) is 19.6 Å². The van der Waals surface area contributed by atoms with Crippen molar-refractivity contribution >= 4 is 6.03 Å². The third-order valence-corrected chi connectivity index (χ3v) is 4.24. The smallest absolute Gasteiger partial charge is 0.317 e. The largest absolute Gasteiger partial charge is 0.508 e. The van der Waals surface area contributed by atoms with Crippen LogP contribution >= 0.6 is 0 Å². The molecule has 2 aromatic rings. The number of phenols is 1. The summed E-state index contributed by atoms with van der Waals surface area (Å²) in [6.07, 6.45) is 1.81. The molecule has 0 aliphatic carbocycles. The van der Waals surface area contributed by atoms with Gasteiger partial charge in [-0.25, -0.2) is 4.79 Å². The van der Waals surface area contributed by atoms with E-state index in [1.807, 2.05) is 23.1 Å². The van der Waals surface area contributed by atoms with E-state index in [9.17, 15) is 9.90 Å². The van der Waals surface area contributed by atoms with Crippen molar-refractivity contribution in [2.45, 2.75) is 12.8 Å². The van der Waals surface area contributed by atoms with Crippen LogP contribution in [0.25, 0.3) is 0 Å². The Hall–Kier alpha value is -2.49. The van der Waals surface area contributed by atoms with Crippen molar-refractivity contribution in [3.05, 3.63) is 65.7 Å². The van der Waals surface area contributed by atoms with E-state index < -0.39 is 0 Å². The van der Waals surface area contributed by atoms with E-state index in [4.69, 9.17) is 0 Å². The predicted molar refractivity (Wildman–Crippen MR) is 90.4 cm³/mol. The van der Waals surface area contributed by atoms with Crippen LogP contribution in [0.3, 0.4) is 0 Å². The third-order valence-electron chi connectivity index (χ3n) is 4.24. The molecule has 1 heterocycles. The summed E-state index contributed by atoms with van der Waals surface area (Å²) in [4.78, 5) is 13.9. The highest BCUT2D eigenvalue weighted by Crippen LogP contribution is 2.20. The van der Waals surface area contributed by atoms with Crippen molar-refractivity contribution < 1.29 is 9.90 Å². The number of hydrogen-bond acceptors (Lipinski definition) is 2. The van der Waals surface area contributed by atoms with E-state index in [0.29, 0.717) is 12.5 Å². The van der Waals surface area contributed by atoms with Gasteiger partial charge in [-0.3, -0.25) is 0 Å². The van der Waals surface area contributed by atoms with Crippen LogP contribution in [0.2, 0.25) is 0 Å². The fraction of sp³-hybridized carbons (Fsp3) is 0.316. The van der Waals surface area contributed by atoms with Gasteiger partial charge in [0.05, 0.1) is 0 Å². The fourth-order valence-corrected chi connectivity index (χ4v) is 2.90. The molecule has 0 bridgehead atoms. The molecule has 0 unspecified atom stereocenters. The van der Waals surface area contributed by atoms with Crippen molar-refractivity contribution in [2.24, 2.45) is 5.92 Å². The molecule has 1 fully saturated rings. The first-order valence-corrected chi connectivity index (χ1v) is 8.05. The summed E-state index contributed by atoms with van der Waals surface area (Å²) >= 11 is 0.